The number of hydrogen-bond acceptors (Lipinski definition) is 8. The fraction of sp³-hybridized carbons (Fsp3) is 0.0800. The number of nitro groups is 1. The van der Waals surface area contributed by atoms with Gasteiger partial charge in [0.05, 0.1) is 16.9 Å². The van der Waals surface area contributed by atoms with Gasteiger partial charge >= 0.3 is 0 Å². The van der Waals surface area contributed by atoms with Gasteiger partial charge in [-0.3, -0.25) is 25.1 Å². The Kier molecular flexibility index (Phi) is 7.62. The van der Waals surface area contributed by atoms with E-state index in [0.717, 1.165) is 22.3 Å². The summed E-state index contributed by atoms with van der Waals surface area (Å²) in [4.78, 5) is 36.0. The largest absolute Gasteiger partial charge is 0.493 e. The van der Waals surface area contributed by atoms with Crippen molar-refractivity contribution < 1.29 is 24.0 Å². The van der Waals surface area contributed by atoms with E-state index in [9.17, 15) is 19.7 Å². The third-order valence-corrected chi connectivity index (χ3v) is 6.37. The van der Waals surface area contributed by atoms with E-state index >= 15 is 0 Å². The number of thiocarbonyl (C=S) groups is 1. The van der Waals surface area contributed by atoms with Crippen molar-refractivity contribution in [3.05, 3.63) is 105 Å². The molecule has 0 bridgehead atoms. The minimum Gasteiger partial charge on any atom is -0.493 e. The van der Waals surface area contributed by atoms with Crippen molar-refractivity contribution in [2.75, 3.05) is 7.11 Å². The summed E-state index contributed by atoms with van der Waals surface area (Å²) < 4.78 is 11.5. The van der Waals surface area contributed by atoms with Gasteiger partial charge in [0, 0.05) is 17.7 Å². The van der Waals surface area contributed by atoms with Crippen molar-refractivity contribution in [3.8, 4) is 11.5 Å². The molecule has 1 saturated heterocycles. The van der Waals surface area contributed by atoms with E-state index in [1.165, 1.54) is 19.2 Å². The van der Waals surface area contributed by atoms with Crippen LogP contribution in [0.25, 0.3) is 6.08 Å². The first-order valence-electron chi connectivity index (χ1n) is 10.5. The molecule has 0 saturated carbocycles. The molecule has 2 amide bonds. The Morgan fingerprint density at radius 3 is 2.50 bits per heavy atom. The predicted octanol–water partition coefficient (Wildman–Crippen LogP) is 4.73. The molecular weight excluding hydrogens is 502 g/mol. The van der Waals surface area contributed by atoms with Gasteiger partial charge in [0.25, 0.3) is 17.5 Å². The van der Waals surface area contributed by atoms with Gasteiger partial charge in [0.1, 0.15) is 6.61 Å². The molecule has 1 aliphatic heterocycles. The lowest BCUT2D eigenvalue weighted by Gasteiger charge is -2.15. The molecular formula is C25H19N3O6S2. The van der Waals surface area contributed by atoms with Crippen LogP contribution in [0.4, 0.5) is 5.69 Å². The van der Waals surface area contributed by atoms with Crippen molar-refractivity contribution in [2.24, 2.45) is 0 Å². The molecule has 9 nitrogen and oxygen atoms in total. The molecule has 1 fully saturated rings. The van der Waals surface area contributed by atoms with E-state index in [0.29, 0.717) is 27.5 Å². The lowest BCUT2D eigenvalue weighted by atomic mass is 10.1. The number of nitrogens with zero attached hydrogens (tertiary/aromatic N) is 2. The molecule has 36 heavy (non-hydrogen) atoms. The Balaban J connectivity index is 1.45. The lowest BCUT2D eigenvalue weighted by molar-refractivity contribution is -0.384. The Morgan fingerprint density at radius 2 is 1.83 bits per heavy atom. The van der Waals surface area contributed by atoms with Crippen LogP contribution in [0.5, 0.6) is 11.5 Å². The number of benzene rings is 3. The zero-order valence-corrected chi connectivity index (χ0v) is 20.5. The molecule has 3 aromatic carbocycles. The number of methoxy groups -OCH3 is 1. The molecule has 11 heteroatoms. The fourth-order valence-corrected chi connectivity index (χ4v) is 4.42. The van der Waals surface area contributed by atoms with Crippen LogP contribution in [0.15, 0.2) is 77.7 Å². The monoisotopic (exact) mass is 521 g/mol. The number of thioether (sulfide) groups is 1. The summed E-state index contributed by atoms with van der Waals surface area (Å²) in [5.41, 5.74) is 4.38. The zero-order valence-electron chi connectivity index (χ0n) is 18.9. The van der Waals surface area contributed by atoms with E-state index in [2.05, 4.69) is 5.43 Å². The second-order valence-corrected chi connectivity index (χ2v) is 9.12. The van der Waals surface area contributed by atoms with E-state index < -0.39 is 16.7 Å². The molecule has 0 aliphatic carbocycles. The molecule has 0 unspecified atom stereocenters. The SMILES string of the molecule is COc1cc(/C=C2\SC(=S)N(NC(=O)c3ccccc3)C2=O)ccc1OCc1ccc([N+](=O)[O-])cc1. The number of carbonyl (C=O) groups is 2. The Labute approximate surface area is 215 Å². The van der Waals surface area contributed by atoms with Gasteiger partial charge in [0.2, 0.25) is 0 Å². The first-order valence-corrected chi connectivity index (χ1v) is 11.8. The summed E-state index contributed by atoms with van der Waals surface area (Å²) in [5.74, 6) is 0.0327. The third-order valence-electron chi connectivity index (χ3n) is 5.07. The van der Waals surface area contributed by atoms with Crippen LogP contribution in [0.3, 0.4) is 0 Å². The summed E-state index contributed by atoms with van der Waals surface area (Å²) in [6.45, 7) is 0.188. The van der Waals surface area contributed by atoms with E-state index in [-0.39, 0.29) is 16.6 Å². The number of nitrogens with one attached hydrogen (secondary N) is 1. The first kappa shape index (κ1) is 24.9. The standard InChI is InChI=1S/C25H19N3O6S2/c1-33-21-13-17(9-12-20(21)34-15-16-7-10-19(11-8-16)28(31)32)14-22-24(30)27(25(35)36-22)26-23(29)18-5-3-2-4-6-18/h2-14H,15H2,1H3,(H,26,29)/b22-14-. The summed E-state index contributed by atoms with van der Waals surface area (Å²) in [7, 11) is 1.50. The van der Waals surface area contributed by atoms with Crippen LogP contribution in [-0.2, 0) is 11.4 Å². The van der Waals surface area contributed by atoms with Crippen molar-refractivity contribution in [1.82, 2.24) is 10.4 Å². The number of hydrazine groups is 1. The molecule has 1 heterocycles. The maximum atomic E-state index is 12.9. The Bertz CT molecular complexity index is 1360. The van der Waals surface area contributed by atoms with Gasteiger partial charge in [-0.15, -0.1) is 0 Å². The molecule has 3 aromatic rings. The maximum Gasteiger partial charge on any atom is 0.285 e. The summed E-state index contributed by atoms with van der Waals surface area (Å²) in [5, 5.41) is 11.9. The van der Waals surface area contributed by atoms with Crippen LogP contribution in [-0.4, -0.2) is 33.2 Å². The van der Waals surface area contributed by atoms with Gasteiger partial charge in [0.15, 0.2) is 15.8 Å². The summed E-state index contributed by atoms with van der Waals surface area (Å²) in [6, 6.07) is 19.8. The quantitative estimate of drug-likeness (QED) is 0.196. The summed E-state index contributed by atoms with van der Waals surface area (Å²) >= 11 is 6.36. The molecule has 0 atom stereocenters. The van der Waals surface area contributed by atoms with Crippen molar-refractivity contribution in [1.29, 1.82) is 0 Å². The average Bonchev–Trinajstić information content (AvgIpc) is 3.15. The number of nitro benzene ring substituents is 1. The highest BCUT2D eigenvalue weighted by Crippen LogP contribution is 2.34. The Morgan fingerprint density at radius 1 is 1.11 bits per heavy atom. The number of ether oxygens (including phenoxy) is 2. The normalized spacial score (nSPS) is 14.1. The molecule has 0 aromatic heterocycles. The van der Waals surface area contributed by atoms with Gasteiger partial charge in [-0.05, 0) is 65.8 Å². The minimum atomic E-state index is -0.461. The van der Waals surface area contributed by atoms with Gasteiger partial charge < -0.3 is 9.47 Å². The van der Waals surface area contributed by atoms with Crippen LogP contribution in [0.1, 0.15) is 21.5 Å². The fourth-order valence-electron chi connectivity index (χ4n) is 3.24. The molecule has 1 N–H and O–H groups in total. The lowest BCUT2D eigenvalue weighted by Crippen LogP contribution is -2.44. The second kappa shape index (κ2) is 11.0. The van der Waals surface area contributed by atoms with Crippen molar-refractivity contribution in [3.63, 3.8) is 0 Å². The van der Waals surface area contributed by atoms with Gasteiger partial charge in [-0.2, -0.15) is 5.01 Å². The van der Waals surface area contributed by atoms with Gasteiger partial charge in [-0.1, -0.05) is 36.0 Å². The number of hydrogen-bond donors (Lipinski definition) is 1. The highest BCUT2D eigenvalue weighted by molar-refractivity contribution is 8.26. The van der Waals surface area contributed by atoms with Crippen LogP contribution < -0.4 is 14.9 Å². The number of non-ortho nitro benzene ring substituents is 1. The average molecular weight is 522 g/mol. The van der Waals surface area contributed by atoms with Crippen LogP contribution in [0.2, 0.25) is 0 Å². The van der Waals surface area contributed by atoms with Gasteiger partial charge in [-0.25, -0.2) is 0 Å². The molecule has 1 aliphatic rings. The smallest absolute Gasteiger partial charge is 0.285 e. The highest BCUT2D eigenvalue weighted by atomic mass is 32.2. The molecule has 0 radical (unpaired) electrons. The maximum absolute atomic E-state index is 12.9. The first-order chi connectivity index (χ1) is 17.4. The van der Waals surface area contributed by atoms with E-state index in [4.69, 9.17) is 21.7 Å². The van der Waals surface area contributed by atoms with E-state index in [1.54, 1.807) is 66.7 Å². The van der Waals surface area contributed by atoms with Crippen LogP contribution in [0, 0.1) is 10.1 Å². The van der Waals surface area contributed by atoms with Crippen LogP contribution >= 0.6 is 24.0 Å². The third kappa shape index (κ3) is 5.70. The van der Waals surface area contributed by atoms with Crippen molar-refractivity contribution in [2.45, 2.75) is 6.61 Å². The molecule has 0 spiro atoms. The minimum absolute atomic E-state index is 0.00531. The number of amides is 2. The van der Waals surface area contributed by atoms with E-state index in [1.807, 2.05) is 0 Å². The second-order valence-electron chi connectivity index (χ2n) is 7.45. The highest BCUT2D eigenvalue weighted by Gasteiger charge is 2.33. The van der Waals surface area contributed by atoms with Crippen molar-refractivity contribution >= 4 is 51.9 Å². The predicted molar refractivity (Wildman–Crippen MR) is 139 cm³/mol. The zero-order chi connectivity index (χ0) is 25.7. The molecule has 4 rings (SSSR count). The topological polar surface area (TPSA) is 111 Å². The Hall–Kier alpha value is -4.22. The number of rotatable bonds is 8. The molecule has 182 valence electrons. The number of carbonyl (C=O) groups excluding carboxylic acids is 2. The summed E-state index contributed by atoms with van der Waals surface area (Å²) in [6.07, 6.45) is 1.65.